The molecule has 106 valence electrons. The standard InChI is InChI=1S/C15H21N5/c1-2-15(11-20-13-17-12-18-20)10-19(8-1)9-5-14-3-6-16-7-4-14/h3-4,6-7,12-13,15H,1-2,5,8-11H2/t15-/m1/s1. The molecule has 3 heterocycles. The van der Waals surface area contributed by atoms with Crippen molar-refractivity contribution in [2.75, 3.05) is 19.6 Å². The van der Waals surface area contributed by atoms with Crippen molar-refractivity contribution in [2.24, 2.45) is 5.92 Å². The average molecular weight is 271 g/mol. The highest BCUT2D eigenvalue weighted by atomic mass is 15.3. The highest BCUT2D eigenvalue weighted by Gasteiger charge is 2.20. The summed E-state index contributed by atoms with van der Waals surface area (Å²) in [6.07, 6.45) is 10.9. The molecule has 2 aromatic rings. The van der Waals surface area contributed by atoms with Gasteiger partial charge in [-0.05, 0) is 49.4 Å². The van der Waals surface area contributed by atoms with Gasteiger partial charge in [-0.15, -0.1) is 0 Å². The molecule has 1 atom stereocenters. The summed E-state index contributed by atoms with van der Waals surface area (Å²) in [5, 5.41) is 4.21. The van der Waals surface area contributed by atoms with E-state index >= 15 is 0 Å². The van der Waals surface area contributed by atoms with E-state index in [1.165, 1.54) is 31.5 Å². The Kier molecular flexibility index (Phi) is 4.38. The highest BCUT2D eigenvalue weighted by molar-refractivity contribution is 5.09. The van der Waals surface area contributed by atoms with Crippen LogP contribution in [0.5, 0.6) is 0 Å². The molecule has 0 spiro atoms. The second kappa shape index (κ2) is 6.61. The van der Waals surface area contributed by atoms with Gasteiger partial charge in [0.15, 0.2) is 0 Å². The average Bonchev–Trinajstić information content (AvgIpc) is 3.00. The maximum Gasteiger partial charge on any atom is 0.137 e. The van der Waals surface area contributed by atoms with Gasteiger partial charge >= 0.3 is 0 Å². The molecule has 0 aromatic carbocycles. The molecular weight excluding hydrogens is 250 g/mol. The Hall–Kier alpha value is -1.75. The number of hydrogen-bond donors (Lipinski definition) is 0. The molecule has 0 aliphatic carbocycles. The van der Waals surface area contributed by atoms with E-state index in [-0.39, 0.29) is 0 Å². The molecule has 2 aromatic heterocycles. The molecule has 0 radical (unpaired) electrons. The molecule has 3 rings (SSSR count). The first kappa shape index (κ1) is 13.2. The molecule has 1 fully saturated rings. The lowest BCUT2D eigenvalue weighted by atomic mass is 9.97. The van der Waals surface area contributed by atoms with Crippen LogP contribution in [0.3, 0.4) is 0 Å². The van der Waals surface area contributed by atoms with Gasteiger partial charge in [-0.2, -0.15) is 5.10 Å². The van der Waals surface area contributed by atoms with Crippen molar-refractivity contribution in [1.82, 2.24) is 24.6 Å². The molecule has 0 amide bonds. The van der Waals surface area contributed by atoms with Crippen LogP contribution in [-0.2, 0) is 13.0 Å². The van der Waals surface area contributed by atoms with E-state index in [0.29, 0.717) is 5.92 Å². The normalized spacial score (nSPS) is 20.1. The minimum Gasteiger partial charge on any atom is -0.303 e. The molecule has 0 saturated carbocycles. The SMILES string of the molecule is c1cc(CCN2CCC[C@@H](Cn3cncn3)C2)ccn1. The third kappa shape index (κ3) is 3.63. The lowest BCUT2D eigenvalue weighted by Gasteiger charge is -2.32. The van der Waals surface area contributed by atoms with Crippen LogP contribution in [0.2, 0.25) is 0 Å². The van der Waals surface area contributed by atoms with Gasteiger partial charge in [0.1, 0.15) is 12.7 Å². The van der Waals surface area contributed by atoms with Crippen molar-refractivity contribution in [1.29, 1.82) is 0 Å². The number of likely N-dealkylation sites (tertiary alicyclic amines) is 1. The van der Waals surface area contributed by atoms with Crippen LogP contribution < -0.4 is 0 Å². The maximum absolute atomic E-state index is 4.21. The van der Waals surface area contributed by atoms with Crippen LogP contribution in [0.15, 0.2) is 37.2 Å². The van der Waals surface area contributed by atoms with Gasteiger partial charge in [0.05, 0.1) is 0 Å². The molecule has 0 N–H and O–H groups in total. The lowest BCUT2D eigenvalue weighted by molar-refractivity contribution is 0.161. The van der Waals surface area contributed by atoms with Crippen molar-refractivity contribution < 1.29 is 0 Å². The first-order valence-corrected chi connectivity index (χ1v) is 7.34. The third-order valence-electron chi connectivity index (χ3n) is 3.98. The van der Waals surface area contributed by atoms with E-state index in [2.05, 4.69) is 32.1 Å². The first-order chi connectivity index (χ1) is 9.90. The Morgan fingerprint density at radius 2 is 2.10 bits per heavy atom. The second-order valence-electron chi connectivity index (χ2n) is 5.53. The minimum absolute atomic E-state index is 0.697. The molecule has 1 saturated heterocycles. The number of piperidine rings is 1. The third-order valence-corrected chi connectivity index (χ3v) is 3.98. The maximum atomic E-state index is 4.21. The Labute approximate surface area is 119 Å². The van der Waals surface area contributed by atoms with Gasteiger partial charge in [-0.25, -0.2) is 4.98 Å². The second-order valence-corrected chi connectivity index (χ2v) is 5.53. The molecule has 0 bridgehead atoms. The summed E-state index contributed by atoms with van der Waals surface area (Å²) < 4.78 is 1.96. The fourth-order valence-corrected chi connectivity index (χ4v) is 2.93. The Morgan fingerprint density at radius 3 is 2.90 bits per heavy atom. The predicted octanol–water partition coefficient (Wildman–Crippen LogP) is 1.63. The largest absolute Gasteiger partial charge is 0.303 e. The summed E-state index contributed by atoms with van der Waals surface area (Å²) in [4.78, 5) is 10.7. The topological polar surface area (TPSA) is 46.8 Å². The molecule has 1 aliphatic rings. The van der Waals surface area contributed by atoms with E-state index in [1.54, 1.807) is 6.33 Å². The van der Waals surface area contributed by atoms with Crippen LogP contribution >= 0.6 is 0 Å². The van der Waals surface area contributed by atoms with Gasteiger partial charge in [0.2, 0.25) is 0 Å². The lowest BCUT2D eigenvalue weighted by Crippen LogP contribution is -2.38. The van der Waals surface area contributed by atoms with Crippen molar-refractivity contribution in [3.63, 3.8) is 0 Å². The molecule has 5 nitrogen and oxygen atoms in total. The molecule has 1 aliphatic heterocycles. The van der Waals surface area contributed by atoms with Crippen LogP contribution in [0.25, 0.3) is 0 Å². The summed E-state index contributed by atoms with van der Waals surface area (Å²) in [5.41, 5.74) is 1.37. The number of hydrogen-bond acceptors (Lipinski definition) is 4. The number of rotatable bonds is 5. The Balaban J connectivity index is 1.48. The summed E-state index contributed by atoms with van der Waals surface area (Å²) in [6, 6.07) is 4.22. The summed E-state index contributed by atoms with van der Waals surface area (Å²) in [5.74, 6) is 0.697. The van der Waals surface area contributed by atoms with E-state index < -0.39 is 0 Å². The van der Waals surface area contributed by atoms with E-state index in [9.17, 15) is 0 Å². The monoisotopic (exact) mass is 271 g/mol. The van der Waals surface area contributed by atoms with Gasteiger partial charge in [-0.3, -0.25) is 9.67 Å². The quantitative estimate of drug-likeness (QED) is 0.829. The molecular formula is C15H21N5. The van der Waals surface area contributed by atoms with Gasteiger partial charge in [-0.1, -0.05) is 0 Å². The van der Waals surface area contributed by atoms with Crippen molar-refractivity contribution in [2.45, 2.75) is 25.8 Å². The van der Waals surface area contributed by atoms with Crippen LogP contribution in [0.1, 0.15) is 18.4 Å². The van der Waals surface area contributed by atoms with Crippen molar-refractivity contribution in [3.8, 4) is 0 Å². The Bertz CT molecular complexity index is 496. The smallest absolute Gasteiger partial charge is 0.137 e. The molecule has 5 heteroatoms. The van der Waals surface area contributed by atoms with E-state index in [4.69, 9.17) is 0 Å². The van der Waals surface area contributed by atoms with Gasteiger partial charge in [0.25, 0.3) is 0 Å². The summed E-state index contributed by atoms with van der Waals surface area (Å²) in [7, 11) is 0. The fraction of sp³-hybridized carbons (Fsp3) is 0.533. The predicted molar refractivity (Wildman–Crippen MR) is 77.1 cm³/mol. The zero-order chi connectivity index (χ0) is 13.6. The zero-order valence-electron chi connectivity index (χ0n) is 11.7. The van der Waals surface area contributed by atoms with E-state index in [1.807, 2.05) is 23.4 Å². The summed E-state index contributed by atoms with van der Waals surface area (Å²) in [6.45, 7) is 4.52. The minimum atomic E-state index is 0.697. The van der Waals surface area contributed by atoms with E-state index in [0.717, 1.165) is 19.5 Å². The van der Waals surface area contributed by atoms with Crippen LogP contribution in [0, 0.1) is 5.92 Å². The van der Waals surface area contributed by atoms with Crippen LogP contribution in [-0.4, -0.2) is 44.3 Å². The number of aromatic nitrogens is 4. The number of pyridine rings is 1. The Morgan fingerprint density at radius 1 is 1.20 bits per heavy atom. The first-order valence-electron chi connectivity index (χ1n) is 7.34. The summed E-state index contributed by atoms with van der Waals surface area (Å²) >= 11 is 0. The van der Waals surface area contributed by atoms with Crippen LogP contribution in [0.4, 0.5) is 0 Å². The van der Waals surface area contributed by atoms with Crippen molar-refractivity contribution >= 4 is 0 Å². The number of nitrogens with zero attached hydrogens (tertiary/aromatic N) is 5. The molecule has 20 heavy (non-hydrogen) atoms. The molecule has 0 unspecified atom stereocenters. The highest BCUT2D eigenvalue weighted by Crippen LogP contribution is 2.18. The van der Waals surface area contributed by atoms with Gasteiger partial charge in [0, 0.05) is 32.0 Å². The zero-order valence-corrected chi connectivity index (χ0v) is 11.7. The fourth-order valence-electron chi connectivity index (χ4n) is 2.93. The van der Waals surface area contributed by atoms with Gasteiger partial charge < -0.3 is 4.90 Å². The van der Waals surface area contributed by atoms with Crippen molar-refractivity contribution in [3.05, 3.63) is 42.7 Å².